The number of fused-ring (bicyclic) bond motifs is 1. The lowest BCUT2D eigenvalue weighted by Gasteiger charge is -2.35. The van der Waals surface area contributed by atoms with Crippen molar-refractivity contribution in [3.63, 3.8) is 0 Å². The van der Waals surface area contributed by atoms with E-state index in [1.807, 2.05) is 0 Å². The van der Waals surface area contributed by atoms with Gasteiger partial charge in [-0.1, -0.05) is 18.3 Å². The highest BCUT2D eigenvalue weighted by Crippen LogP contribution is 2.36. The third kappa shape index (κ3) is 3.13. The monoisotopic (exact) mass is 354 g/mol. The van der Waals surface area contributed by atoms with E-state index in [4.69, 9.17) is 4.74 Å². The molecule has 2 heterocycles. The van der Waals surface area contributed by atoms with Gasteiger partial charge < -0.3 is 4.74 Å². The van der Waals surface area contributed by atoms with E-state index in [2.05, 4.69) is 16.8 Å². The summed E-state index contributed by atoms with van der Waals surface area (Å²) in [6.45, 7) is 0.475. The Morgan fingerprint density at radius 3 is 2.85 bits per heavy atom. The molecule has 0 unspecified atom stereocenters. The SMILES string of the molecule is O=C1OC[C@H]2CCC[C@H]2N1c1ccc(C#Cc2cc(F)ccc2F)cn1. The molecule has 1 aromatic heterocycles. The molecule has 1 saturated heterocycles. The predicted octanol–water partition coefficient (Wildman–Crippen LogP) is 3.88. The number of hydrogen-bond donors (Lipinski definition) is 0. The van der Waals surface area contributed by atoms with E-state index in [1.54, 1.807) is 17.0 Å². The van der Waals surface area contributed by atoms with Crippen LogP contribution in [-0.4, -0.2) is 23.7 Å². The van der Waals surface area contributed by atoms with Gasteiger partial charge in [-0.3, -0.25) is 4.90 Å². The van der Waals surface area contributed by atoms with Gasteiger partial charge in [0.2, 0.25) is 0 Å². The first-order chi connectivity index (χ1) is 12.6. The molecule has 0 spiro atoms. The zero-order valence-electron chi connectivity index (χ0n) is 13.9. The highest BCUT2D eigenvalue weighted by Gasteiger charge is 2.41. The molecule has 0 radical (unpaired) electrons. The first-order valence-electron chi connectivity index (χ1n) is 8.51. The maximum atomic E-state index is 13.6. The number of amides is 1. The number of carbonyl (C=O) groups is 1. The van der Waals surface area contributed by atoms with E-state index in [-0.39, 0.29) is 17.7 Å². The Morgan fingerprint density at radius 2 is 2.04 bits per heavy atom. The molecule has 26 heavy (non-hydrogen) atoms. The number of aromatic nitrogens is 1. The van der Waals surface area contributed by atoms with Gasteiger partial charge in [-0.25, -0.2) is 18.6 Å². The van der Waals surface area contributed by atoms with E-state index in [0.717, 1.165) is 37.5 Å². The van der Waals surface area contributed by atoms with Crippen molar-refractivity contribution in [2.45, 2.75) is 25.3 Å². The second kappa shape index (κ2) is 6.75. The van der Waals surface area contributed by atoms with Crippen LogP contribution in [0.1, 0.15) is 30.4 Å². The fourth-order valence-electron chi connectivity index (χ4n) is 3.53. The van der Waals surface area contributed by atoms with Crippen LogP contribution in [0.25, 0.3) is 0 Å². The van der Waals surface area contributed by atoms with E-state index < -0.39 is 11.6 Å². The van der Waals surface area contributed by atoms with E-state index in [0.29, 0.717) is 23.9 Å². The Hall–Kier alpha value is -2.94. The van der Waals surface area contributed by atoms with Gasteiger partial charge in [-0.05, 0) is 43.2 Å². The molecule has 1 aliphatic carbocycles. The van der Waals surface area contributed by atoms with Crippen LogP contribution in [0.5, 0.6) is 0 Å². The first-order valence-corrected chi connectivity index (χ1v) is 8.51. The topological polar surface area (TPSA) is 42.4 Å². The molecular formula is C20H16F2N2O2. The third-order valence-corrected chi connectivity index (χ3v) is 4.83. The van der Waals surface area contributed by atoms with Crippen molar-refractivity contribution in [3.8, 4) is 11.8 Å². The Balaban J connectivity index is 1.57. The van der Waals surface area contributed by atoms with E-state index in [1.165, 1.54) is 6.20 Å². The van der Waals surface area contributed by atoms with Crippen LogP contribution in [0.2, 0.25) is 0 Å². The number of carbonyl (C=O) groups excluding carboxylic acids is 1. The fraction of sp³-hybridized carbons (Fsp3) is 0.300. The smallest absolute Gasteiger partial charge is 0.415 e. The molecule has 2 aromatic rings. The Kier molecular flexibility index (Phi) is 4.29. The largest absolute Gasteiger partial charge is 0.449 e. The third-order valence-electron chi connectivity index (χ3n) is 4.83. The molecule has 4 nitrogen and oxygen atoms in total. The number of cyclic esters (lactones) is 1. The summed E-state index contributed by atoms with van der Waals surface area (Å²) in [5.41, 5.74) is 0.535. The molecule has 0 N–H and O–H groups in total. The van der Waals surface area contributed by atoms with Gasteiger partial charge in [0.15, 0.2) is 0 Å². The molecule has 4 rings (SSSR count). The number of hydrogen-bond acceptors (Lipinski definition) is 3. The zero-order chi connectivity index (χ0) is 18.1. The van der Waals surface area contributed by atoms with Crippen LogP contribution < -0.4 is 4.90 Å². The minimum atomic E-state index is -0.577. The average Bonchev–Trinajstić information content (AvgIpc) is 3.12. The summed E-state index contributed by atoms with van der Waals surface area (Å²) >= 11 is 0. The number of nitrogens with zero attached hydrogens (tertiary/aromatic N) is 2. The fourth-order valence-corrected chi connectivity index (χ4v) is 3.53. The van der Waals surface area contributed by atoms with Crippen molar-refractivity contribution in [2.75, 3.05) is 11.5 Å². The lowest BCUT2D eigenvalue weighted by atomic mass is 10.0. The first kappa shape index (κ1) is 16.5. The zero-order valence-corrected chi connectivity index (χ0v) is 13.9. The number of anilines is 1. The van der Waals surface area contributed by atoms with Gasteiger partial charge in [-0.2, -0.15) is 0 Å². The van der Waals surface area contributed by atoms with Gasteiger partial charge in [0.1, 0.15) is 17.5 Å². The maximum Gasteiger partial charge on any atom is 0.415 e. The molecule has 2 fully saturated rings. The molecule has 132 valence electrons. The van der Waals surface area contributed by atoms with Crippen molar-refractivity contribution in [1.29, 1.82) is 0 Å². The lowest BCUT2D eigenvalue weighted by Crippen LogP contribution is -2.49. The second-order valence-electron chi connectivity index (χ2n) is 6.48. The van der Waals surface area contributed by atoms with Gasteiger partial charge in [0, 0.05) is 23.7 Å². The number of benzene rings is 1. The summed E-state index contributed by atoms with van der Waals surface area (Å²) in [5, 5.41) is 0. The van der Waals surface area contributed by atoms with Gasteiger partial charge in [0.25, 0.3) is 0 Å². The molecule has 0 bridgehead atoms. The van der Waals surface area contributed by atoms with Crippen molar-refractivity contribution in [3.05, 3.63) is 59.3 Å². The van der Waals surface area contributed by atoms with E-state index in [9.17, 15) is 13.6 Å². The highest BCUT2D eigenvalue weighted by atomic mass is 19.1. The minimum Gasteiger partial charge on any atom is -0.449 e. The molecular weight excluding hydrogens is 338 g/mol. The highest BCUT2D eigenvalue weighted by molar-refractivity contribution is 5.88. The normalized spacial score (nSPS) is 21.6. The van der Waals surface area contributed by atoms with Crippen molar-refractivity contribution in [1.82, 2.24) is 4.98 Å². The summed E-state index contributed by atoms with van der Waals surface area (Å²) in [5.74, 6) is 5.12. The van der Waals surface area contributed by atoms with Gasteiger partial charge in [0.05, 0.1) is 12.2 Å². The quantitative estimate of drug-likeness (QED) is 0.730. The van der Waals surface area contributed by atoms with E-state index >= 15 is 0 Å². The Morgan fingerprint density at radius 1 is 1.15 bits per heavy atom. The summed E-state index contributed by atoms with van der Waals surface area (Å²) in [4.78, 5) is 18.1. The molecule has 1 aromatic carbocycles. The molecule has 6 heteroatoms. The molecule has 2 aliphatic rings. The van der Waals surface area contributed by atoms with Crippen LogP contribution in [0.4, 0.5) is 19.4 Å². The molecule has 1 amide bonds. The standard InChI is InChI=1S/C20H16F2N2O2/c21-16-7-8-17(22)14(10-16)6-4-13-5-9-19(23-11-13)24-18-3-1-2-15(18)12-26-20(24)25/h5,7-11,15,18H,1-3,12H2/t15-,18-/m1/s1. The Bertz CT molecular complexity index is 902. The van der Waals surface area contributed by atoms with Crippen LogP contribution >= 0.6 is 0 Å². The van der Waals surface area contributed by atoms with Gasteiger partial charge in [-0.15, -0.1) is 0 Å². The van der Waals surface area contributed by atoms with Crippen molar-refractivity contribution >= 4 is 11.9 Å². The molecule has 1 saturated carbocycles. The van der Waals surface area contributed by atoms with Crippen LogP contribution in [0.15, 0.2) is 36.5 Å². The minimum absolute atomic E-state index is 0.0116. The number of ether oxygens (including phenoxy) is 1. The number of halogens is 2. The summed E-state index contributed by atoms with van der Waals surface area (Å²) in [6.07, 6.45) is 4.22. The lowest BCUT2D eigenvalue weighted by molar-refractivity contribution is 0.104. The van der Waals surface area contributed by atoms with Crippen LogP contribution in [0.3, 0.4) is 0 Å². The summed E-state index contributed by atoms with van der Waals surface area (Å²) in [7, 11) is 0. The Labute approximate surface area is 149 Å². The number of pyridine rings is 1. The van der Waals surface area contributed by atoms with Crippen molar-refractivity contribution < 1.29 is 18.3 Å². The summed E-state index contributed by atoms with van der Waals surface area (Å²) in [6, 6.07) is 6.67. The predicted molar refractivity (Wildman–Crippen MR) is 91.5 cm³/mol. The van der Waals surface area contributed by atoms with Gasteiger partial charge >= 0.3 is 6.09 Å². The summed E-state index contributed by atoms with van der Waals surface area (Å²) < 4.78 is 32.0. The van der Waals surface area contributed by atoms with Crippen LogP contribution in [0, 0.1) is 29.4 Å². The second-order valence-corrected chi connectivity index (χ2v) is 6.48. The molecule has 1 aliphatic heterocycles. The van der Waals surface area contributed by atoms with Crippen LogP contribution in [-0.2, 0) is 4.74 Å². The maximum absolute atomic E-state index is 13.6. The van der Waals surface area contributed by atoms with Crippen molar-refractivity contribution in [2.24, 2.45) is 5.92 Å². The number of rotatable bonds is 1. The molecule has 2 atom stereocenters. The average molecular weight is 354 g/mol.